The first kappa shape index (κ1) is 12.4. The molecule has 0 amide bonds. The Morgan fingerprint density at radius 3 is 2.62 bits per heavy atom. The van der Waals surface area contributed by atoms with Crippen LogP contribution in [-0.4, -0.2) is 5.78 Å². The molecule has 0 N–H and O–H groups in total. The zero-order chi connectivity index (χ0) is 11.6. The number of unbranched alkanes of at least 4 members (excludes halogenated alkanes) is 1. The van der Waals surface area contributed by atoms with E-state index in [1.807, 2.05) is 48.6 Å². The van der Waals surface area contributed by atoms with Crippen molar-refractivity contribution in [3.63, 3.8) is 0 Å². The summed E-state index contributed by atoms with van der Waals surface area (Å²) < 4.78 is 0. The van der Waals surface area contributed by atoms with Crippen LogP contribution in [0.4, 0.5) is 0 Å². The number of carbonyl (C=O) groups excluding carboxylic acids is 1. The molecular weight excluding hydrogens is 196 g/mol. The van der Waals surface area contributed by atoms with Gasteiger partial charge in [-0.1, -0.05) is 61.9 Å². The van der Waals surface area contributed by atoms with Crippen molar-refractivity contribution in [2.75, 3.05) is 0 Å². The third-order valence-electron chi connectivity index (χ3n) is 2.26. The highest BCUT2D eigenvalue weighted by molar-refractivity contribution is 5.89. The van der Waals surface area contributed by atoms with Gasteiger partial charge in [0.1, 0.15) is 0 Å². The lowest BCUT2D eigenvalue weighted by Crippen LogP contribution is -1.90. The third-order valence-corrected chi connectivity index (χ3v) is 2.26. The molecule has 0 aliphatic carbocycles. The third kappa shape index (κ3) is 5.30. The van der Waals surface area contributed by atoms with Crippen molar-refractivity contribution in [3.8, 4) is 0 Å². The van der Waals surface area contributed by atoms with Crippen LogP contribution < -0.4 is 0 Å². The number of carbonyl (C=O) groups is 1. The highest BCUT2D eigenvalue weighted by Crippen LogP contribution is 2.01. The molecular formula is C15H18O. The van der Waals surface area contributed by atoms with Crippen molar-refractivity contribution >= 4 is 11.9 Å². The number of benzene rings is 1. The van der Waals surface area contributed by atoms with Gasteiger partial charge in [0.15, 0.2) is 5.78 Å². The van der Waals surface area contributed by atoms with Crippen LogP contribution in [0.2, 0.25) is 0 Å². The highest BCUT2D eigenvalue weighted by atomic mass is 16.1. The average molecular weight is 214 g/mol. The van der Waals surface area contributed by atoms with E-state index < -0.39 is 0 Å². The maximum Gasteiger partial charge on any atom is 0.155 e. The Kier molecular flexibility index (Phi) is 5.94. The summed E-state index contributed by atoms with van der Waals surface area (Å²) in [5.41, 5.74) is 1.15. The molecule has 1 rings (SSSR count). The van der Waals surface area contributed by atoms with Gasteiger partial charge in [0.2, 0.25) is 0 Å². The largest absolute Gasteiger partial charge is 0.295 e. The van der Waals surface area contributed by atoms with Gasteiger partial charge in [-0.15, -0.1) is 0 Å². The minimum absolute atomic E-state index is 0.208. The highest BCUT2D eigenvalue weighted by Gasteiger charge is 1.92. The molecule has 1 nitrogen and oxygen atoms in total. The van der Waals surface area contributed by atoms with Crippen LogP contribution in [0.1, 0.15) is 31.7 Å². The van der Waals surface area contributed by atoms with E-state index in [4.69, 9.17) is 0 Å². The van der Waals surface area contributed by atoms with Crippen molar-refractivity contribution in [1.82, 2.24) is 0 Å². The molecule has 0 bridgehead atoms. The van der Waals surface area contributed by atoms with Crippen molar-refractivity contribution in [2.45, 2.75) is 26.2 Å². The lowest BCUT2D eigenvalue weighted by Gasteiger charge is -1.90. The lowest BCUT2D eigenvalue weighted by atomic mass is 10.1. The molecule has 84 valence electrons. The molecule has 1 aromatic rings. The van der Waals surface area contributed by atoms with Crippen LogP contribution in [-0.2, 0) is 4.79 Å². The monoisotopic (exact) mass is 214 g/mol. The van der Waals surface area contributed by atoms with Gasteiger partial charge in [0.25, 0.3) is 0 Å². The first-order valence-electron chi connectivity index (χ1n) is 5.75. The van der Waals surface area contributed by atoms with Crippen molar-refractivity contribution in [3.05, 3.63) is 54.1 Å². The van der Waals surface area contributed by atoms with Crippen LogP contribution in [0, 0.1) is 0 Å². The minimum Gasteiger partial charge on any atom is -0.295 e. The van der Waals surface area contributed by atoms with Crippen LogP contribution in [0.25, 0.3) is 6.08 Å². The summed E-state index contributed by atoms with van der Waals surface area (Å²) in [6.45, 7) is 2.09. The molecule has 0 heterocycles. The van der Waals surface area contributed by atoms with Crippen molar-refractivity contribution in [2.24, 2.45) is 0 Å². The number of ketones is 1. The Morgan fingerprint density at radius 1 is 1.19 bits per heavy atom. The zero-order valence-electron chi connectivity index (χ0n) is 9.73. The van der Waals surface area contributed by atoms with E-state index in [-0.39, 0.29) is 5.78 Å². The van der Waals surface area contributed by atoms with Crippen LogP contribution in [0.15, 0.2) is 48.6 Å². The normalized spacial score (nSPS) is 11.3. The smallest absolute Gasteiger partial charge is 0.155 e. The Morgan fingerprint density at radius 2 is 1.94 bits per heavy atom. The van der Waals surface area contributed by atoms with Gasteiger partial charge in [-0.3, -0.25) is 4.79 Å². The molecule has 16 heavy (non-hydrogen) atoms. The molecule has 0 aromatic heterocycles. The Bertz CT molecular complexity index is 360. The second-order valence-corrected chi connectivity index (χ2v) is 3.70. The number of rotatable bonds is 6. The standard InChI is InChI=1S/C15H18O/c1-2-3-12-15(16)13-8-7-11-14-9-5-4-6-10-14/h4-11,13H,2-3,12H2,1H3/b11-7+,13-8+. The van der Waals surface area contributed by atoms with Gasteiger partial charge in [-0.05, 0) is 18.1 Å². The summed E-state index contributed by atoms with van der Waals surface area (Å²) in [5.74, 6) is 0.208. The fourth-order valence-electron chi connectivity index (χ4n) is 1.33. The minimum atomic E-state index is 0.208. The molecule has 0 atom stereocenters. The van der Waals surface area contributed by atoms with Crippen LogP contribution >= 0.6 is 0 Å². The predicted octanol–water partition coefficient (Wildman–Crippen LogP) is 4.02. The summed E-state index contributed by atoms with van der Waals surface area (Å²) in [6, 6.07) is 10.0. The van der Waals surface area contributed by atoms with E-state index in [9.17, 15) is 4.79 Å². The molecule has 0 aliphatic rings. The molecule has 0 aliphatic heterocycles. The first-order valence-corrected chi connectivity index (χ1v) is 5.75. The summed E-state index contributed by atoms with van der Waals surface area (Å²) in [6.07, 6.45) is 10.1. The second kappa shape index (κ2) is 7.63. The molecule has 0 saturated heterocycles. The first-order chi connectivity index (χ1) is 7.83. The number of allylic oxidation sites excluding steroid dienone is 3. The molecule has 0 saturated carbocycles. The summed E-state index contributed by atoms with van der Waals surface area (Å²) in [4.78, 5) is 11.3. The quantitative estimate of drug-likeness (QED) is 0.516. The van der Waals surface area contributed by atoms with Gasteiger partial charge < -0.3 is 0 Å². The Labute approximate surface area is 97.5 Å². The molecule has 1 aromatic carbocycles. The second-order valence-electron chi connectivity index (χ2n) is 3.70. The van der Waals surface area contributed by atoms with Gasteiger partial charge in [0.05, 0.1) is 0 Å². The van der Waals surface area contributed by atoms with E-state index in [2.05, 4.69) is 6.92 Å². The zero-order valence-corrected chi connectivity index (χ0v) is 9.73. The number of hydrogen-bond acceptors (Lipinski definition) is 1. The van der Waals surface area contributed by atoms with E-state index >= 15 is 0 Å². The predicted molar refractivity (Wildman–Crippen MR) is 69.1 cm³/mol. The van der Waals surface area contributed by atoms with E-state index in [0.717, 1.165) is 18.4 Å². The molecule has 0 fully saturated rings. The lowest BCUT2D eigenvalue weighted by molar-refractivity contribution is -0.114. The summed E-state index contributed by atoms with van der Waals surface area (Å²) in [7, 11) is 0. The Hall–Kier alpha value is -1.63. The fourth-order valence-corrected chi connectivity index (χ4v) is 1.33. The molecule has 0 radical (unpaired) electrons. The molecule has 0 spiro atoms. The van der Waals surface area contributed by atoms with Crippen molar-refractivity contribution in [1.29, 1.82) is 0 Å². The van der Waals surface area contributed by atoms with E-state index in [1.54, 1.807) is 6.08 Å². The van der Waals surface area contributed by atoms with Gasteiger partial charge in [0, 0.05) is 6.42 Å². The topological polar surface area (TPSA) is 17.1 Å². The summed E-state index contributed by atoms with van der Waals surface area (Å²) >= 11 is 0. The average Bonchev–Trinajstić information content (AvgIpc) is 2.33. The van der Waals surface area contributed by atoms with Crippen LogP contribution in [0.5, 0.6) is 0 Å². The summed E-state index contributed by atoms with van der Waals surface area (Å²) in [5, 5.41) is 0. The maximum atomic E-state index is 11.3. The van der Waals surface area contributed by atoms with Gasteiger partial charge >= 0.3 is 0 Å². The van der Waals surface area contributed by atoms with Crippen LogP contribution in [0.3, 0.4) is 0 Å². The SMILES string of the molecule is CCCCC(=O)/C=C/C=C/c1ccccc1. The molecule has 1 heteroatoms. The van der Waals surface area contributed by atoms with Crippen molar-refractivity contribution < 1.29 is 4.79 Å². The Balaban J connectivity index is 2.36. The fraction of sp³-hybridized carbons (Fsp3) is 0.267. The van der Waals surface area contributed by atoms with E-state index in [1.165, 1.54) is 0 Å². The van der Waals surface area contributed by atoms with E-state index in [0.29, 0.717) is 6.42 Å². The number of hydrogen-bond donors (Lipinski definition) is 0. The maximum absolute atomic E-state index is 11.3. The van der Waals surface area contributed by atoms with Gasteiger partial charge in [-0.25, -0.2) is 0 Å². The molecule has 0 unspecified atom stereocenters. The van der Waals surface area contributed by atoms with Gasteiger partial charge in [-0.2, -0.15) is 0 Å².